The number of rotatable bonds is 3. The summed E-state index contributed by atoms with van der Waals surface area (Å²) in [5.41, 5.74) is 0. The van der Waals surface area contributed by atoms with Crippen LogP contribution < -0.4 is 4.90 Å². The predicted octanol–water partition coefficient (Wildman–Crippen LogP) is 1.000. The number of likely N-dealkylation sites (tertiary alicyclic amines) is 1. The van der Waals surface area contributed by atoms with Crippen LogP contribution in [0.4, 0.5) is 5.82 Å². The molecule has 2 saturated heterocycles. The minimum Gasteiger partial charge on any atom is -0.353 e. The van der Waals surface area contributed by atoms with Gasteiger partial charge in [0.05, 0.1) is 12.7 Å². The van der Waals surface area contributed by atoms with E-state index < -0.39 is 0 Å². The number of carbonyl (C=O) groups is 1. The molecule has 0 aromatic carbocycles. The normalized spacial score (nSPS) is 23.6. The maximum Gasteiger partial charge on any atom is 0.236 e. The number of aromatic nitrogens is 2. The van der Waals surface area contributed by atoms with Crippen LogP contribution in [-0.2, 0) is 4.79 Å². The topological polar surface area (TPSA) is 52.6 Å². The van der Waals surface area contributed by atoms with Gasteiger partial charge in [0.1, 0.15) is 5.82 Å². The number of hydrogen-bond acceptors (Lipinski definition) is 5. The van der Waals surface area contributed by atoms with Crippen LogP contribution in [0.5, 0.6) is 0 Å². The zero-order valence-corrected chi connectivity index (χ0v) is 13.3. The number of hydrogen-bond donors (Lipinski definition) is 0. The van der Waals surface area contributed by atoms with Crippen molar-refractivity contribution in [2.75, 3.05) is 44.2 Å². The van der Waals surface area contributed by atoms with Crippen molar-refractivity contribution in [3.8, 4) is 0 Å². The van der Waals surface area contributed by atoms with Crippen molar-refractivity contribution in [1.82, 2.24) is 19.8 Å². The first-order chi connectivity index (χ1) is 10.7. The maximum atomic E-state index is 12.5. The summed E-state index contributed by atoms with van der Waals surface area (Å²) in [6.07, 6.45) is 8.77. The fraction of sp³-hybridized carbons (Fsp3) is 0.688. The van der Waals surface area contributed by atoms with Gasteiger partial charge < -0.3 is 9.80 Å². The highest BCUT2D eigenvalue weighted by Crippen LogP contribution is 2.17. The fourth-order valence-corrected chi connectivity index (χ4v) is 3.34. The highest BCUT2D eigenvalue weighted by Gasteiger charge is 2.26. The highest BCUT2D eigenvalue weighted by molar-refractivity contribution is 5.78. The molecule has 0 bridgehead atoms. The minimum absolute atomic E-state index is 0.292. The van der Waals surface area contributed by atoms with E-state index in [1.165, 1.54) is 6.42 Å². The molecule has 0 radical (unpaired) electrons. The summed E-state index contributed by atoms with van der Waals surface area (Å²) in [5.74, 6) is 1.22. The Bertz CT molecular complexity index is 487. The molecule has 1 unspecified atom stereocenters. The van der Waals surface area contributed by atoms with Crippen molar-refractivity contribution >= 4 is 11.7 Å². The average Bonchev–Trinajstić information content (AvgIpc) is 2.57. The Balaban J connectivity index is 1.48. The standard InChI is InChI=1S/C16H25N5O/c1-14-4-2-3-7-21(14)16(22)13-19-8-10-20(11-9-19)15-12-17-5-6-18-15/h5-6,12,14H,2-4,7-11,13H2,1H3. The Kier molecular flexibility index (Phi) is 4.87. The summed E-state index contributed by atoms with van der Waals surface area (Å²) in [6.45, 7) is 7.28. The summed E-state index contributed by atoms with van der Waals surface area (Å²) in [4.78, 5) is 27.5. The molecular weight excluding hydrogens is 278 g/mol. The quantitative estimate of drug-likeness (QED) is 0.834. The minimum atomic E-state index is 0.292. The Hall–Kier alpha value is -1.69. The van der Waals surface area contributed by atoms with Gasteiger partial charge in [-0.3, -0.25) is 14.7 Å². The number of carbonyl (C=O) groups excluding carboxylic acids is 1. The lowest BCUT2D eigenvalue weighted by Crippen LogP contribution is -2.52. The van der Waals surface area contributed by atoms with Gasteiger partial charge in [-0.2, -0.15) is 0 Å². The Morgan fingerprint density at radius 1 is 1.18 bits per heavy atom. The molecule has 6 heteroatoms. The van der Waals surface area contributed by atoms with Gasteiger partial charge >= 0.3 is 0 Å². The van der Waals surface area contributed by atoms with Gasteiger partial charge in [0.15, 0.2) is 0 Å². The van der Waals surface area contributed by atoms with Crippen LogP contribution in [0.25, 0.3) is 0 Å². The molecule has 3 rings (SSSR count). The van der Waals surface area contributed by atoms with Crippen LogP contribution in [0.2, 0.25) is 0 Å². The molecule has 2 aliphatic heterocycles. The summed E-state index contributed by atoms with van der Waals surface area (Å²) in [6, 6.07) is 0.405. The van der Waals surface area contributed by atoms with Crippen molar-refractivity contribution in [3.05, 3.63) is 18.6 Å². The second-order valence-electron chi connectivity index (χ2n) is 6.26. The lowest BCUT2D eigenvalue weighted by molar-refractivity contribution is -0.135. The van der Waals surface area contributed by atoms with E-state index in [2.05, 4.69) is 31.6 Å². The van der Waals surface area contributed by atoms with Crippen molar-refractivity contribution < 1.29 is 4.79 Å². The van der Waals surface area contributed by atoms with Crippen molar-refractivity contribution in [2.24, 2.45) is 0 Å². The summed E-state index contributed by atoms with van der Waals surface area (Å²) < 4.78 is 0. The number of anilines is 1. The van der Waals surface area contributed by atoms with Crippen LogP contribution >= 0.6 is 0 Å². The largest absolute Gasteiger partial charge is 0.353 e. The molecule has 0 saturated carbocycles. The van der Waals surface area contributed by atoms with Crippen LogP contribution in [0.1, 0.15) is 26.2 Å². The Morgan fingerprint density at radius 2 is 2.00 bits per heavy atom. The second-order valence-corrected chi connectivity index (χ2v) is 6.26. The molecule has 6 nitrogen and oxygen atoms in total. The smallest absolute Gasteiger partial charge is 0.236 e. The predicted molar refractivity (Wildman–Crippen MR) is 85.7 cm³/mol. The van der Waals surface area contributed by atoms with Crippen LogP contribution in [0, 0.1) is 0 Å². The molecule has 1 aromatic rings. The van der Waals surface area contributed by atoms with Gasteiger partial charge in [0, 0.05) is 51.2 Å². The molecule has 2 aliphatic rings. The third-order valence-corrected chi connectivity index (χ3v) is 4.73. The molecule has 1 amide bonds. The number of nitrogens with zero attached hydrogens (tertiary/aromatic N) is 5. The van der Waals surface area contributed by atoms with E-state index in [1.807, 2.05) is 0 Å². The first-order valence-corrected chi connectivity index (χ1v) is 8.27. The van der Waals surface area contributed by atoms with Crippen LogP contribution in [-0.4, -0.2) is 71.0 Å². The van der Waals surface area contributed by atoms with E-state index in [9.17, 15) is 4.79 Å². The molecule has 1 aromatic heterocycles. The molecular formula is C16H25N5O. The third-order valence-electron chi connectivity index (χ3n) is 4.73. The summed E-state index contributed by atoms with van der Waals surface area (Å²) >= 11 is 0. The molecule has 1 atom stereocenters. The van der Waals surface area contributed by atoms with E-state index in [-0.39, 0.29) is 0 Å². The van der Waals surface area contributed by atoms with Crippen molar-refractivity contribution in [2.45, 2.75) is 32.2 Å². The zero-order valence-electron chi connectivity index (χ0n) is 13.3. The first kappa shape index (κ1) is 15.2. The van der Waals surface area contributed by atoms with Gasteiger partial charge in [-0.15, -0.1) is 0 Å². The first-order valence-electron chi connectivity index (χ1n) is 8.27. The Morgan fingerprint density at radius 3 is 2.68 bits per heavy atom. The number of piperidine rings is 1. The lowest BCUT2D eigenvalue weighted by Gasteiger charge is -2.38. The van der Waals surface area contributed by atoms with Crippen molar-refractivity contribution in [3.63, 3.8) is 0 Å². The van der Waals surface area contributed by atoms with Gasteiger partial charge in [-0.05, 0) is 26.2 Å². The molecule has 22 heavy (non-hydrogen) atoms. The second kappa shape index (κ2) is 7.05. The monoisotopic (exact) mass is 303 g/mol. The molecule has 3 heterocycles. The average molecular weight is 303 g/mol. The van der Waals surface area contributed by atoms with E-state index >= 15 is 0 Å². The molecule has 120 valence electrons. The summed E-state index contributed by atoms with van der Waals surface area (Å²) in [5, 5.41) is 0. The van der Waals surface area contributed by atoms with Gasteiger partial charge in [0.2, 0.25) is 5.91 Å². The summed E-state index contributed by atoms with van der Waals surface area (Å²) in [7, 11) is 0. The molecule has 0 aliphatic carbocycles. The maximum absolute atomic E-state index is 12.5. The molecule has 2 fully saturated rings. The molecule has 0 N–H and O–H groups in total. The van der Waals surface area contributed by atoms with E-state index in [0.717, 1.165) is 51.4 Å². The van der Waals surface area contributed by atoms with Gasteiger partial charge in [-0.25, -0.2) is 4.98 Å². The van der Waals surface area contributed by atoms with E-state index in [4.69, 9.17) is 0 Å². The van der Waals surface area contributed by atoms with E-state index in [0.29, 0.717) is 18.5 Å². The zero-order chi connectivity index (χ0) is 15.4. The lowest BCUT2D eigenvalue weighted by atomic mass is 10.0. The fourth-order valence-electron chi connectivity index (χ4n) is 3.34. The number of amides is 1. The highest BCUT2D eigenvalue weighted by atomic mass is 16.2. The van der Waals surface area contributed by atoms with Gasteiger partial charge in [0.25, 0.3) is 0 Å². The number of piperazine rings is 1. The van der Waals surface area contributed by atoms with Crippen LogP contribution in [0.15, 0.2) is 18.6 Å². The van der Waals surface area contributed by atoms with Crippen LogP contribution in [0.3, 0.4) is 0 Å². The SMILES string of the molecule is CC1CCCCN1C(=O)CN1CCN(c2cnccn2)CC1. The van der Waals surface area contributed by atoms with E-state index in [1.54, 1.807) is 18.6 Å². The Labute approximate surface area is 132 Å². The third kappa shape index (κ3) is 3.55. The van der Waals surface area contributed by atoms with Crippen molar-refractivity contribution in [1.29, 1.82) is 0 Å². The van der Waals surface area contributed by atoms with Gasteiger partial charge in [-0.1, -0.05) is 0 Å². The molecule has 0 spiro atoms.